The lowest BCUT2D eigenvalue weighted by Crippen LogP contribution is -2.60. The van der Waals surface area contributed by atoms with Gasteiger partial charge in [0.2, 0.25) is 0 Å². The SMILES string of the molecule is O[C@]1(CCl)CN2CCC1CC2. The molecule has 3 rings (SSSR count). The van der Waals surface area contributed by atoms with Crippen LogP contribution in [0.15, 0.2) is 0 Å². The van der Waals surface area contributed by atoms with Crippen molar-refractivity contribution in [2.24, 2.45) is 5.92 Å². The second-order valence-corrected chi connectivity index (χ2v) is 4.05. The van der Waals surface area contributed by atoms with Crippen molar-refractivity contribution in [1.29, 1.82) is 0 Å². The fraction of sp³-hybridized carbons (Fsp3) is 1.00. The van der Waals surface area contributed by atoms with E-state index in [0.29, 0.717) is 11.8 Å². The number of hydrogen-bond acceptors (Lipinski definition) is 2. The first-order valence-corrected chi connectivity index (χ1v) is 4.79. The highest BCUT2D eigenvalue weighted by Crippen LogP contribution is 2.35. The molecule has 0 saturated carbocycles. The Balaban J connectivity index is 2.13. The molecule has 2 bridgehead atoms. The van der Waals surface area contributed by atoms with Crippen molar-refractivity contribution >= 4 is 11.6 Å². The third-order valence-electron chi connectivity index (χ3n) is 3.08. The average molecular weight is 176 g/mol. The highest BCUT2D eigenvalue weighted by atomic mass is 35.5. The molecule has 0 radical (unpaired) electrons. The lowest BCUT2D eigenvalue weighted by Gasteiger charge is -2.49. The average Bonchev–Trinajstić information content (AvgIpc) is 2.06. The molecule has 3 aliphatic rings. The van der Waals surface area contributed by atoms with Crippen LogP contribution in [0, 0.1) is 5.92 Å². The maximum atomic E-state index is 10.00. The number of rotatable bonds is 1. The zero-order chi connectivity index (χ0) is 7.90. The lowest BCUT2D eigenvalue weighted by atomic mass is 9.76. The van der Waals surface area contributed by atoms with E-state index in [9.17, 15) is 5.11 Å². The van der Waals surface area contributed by atoms with Gasteiger partial charge in [-0.25, -0.2) is 0 Å². The Morgan fingerprint density at radius 1 is 1.45 bits per heavy atom. The van der Waals surface area contributed by atoms with Gasteiger partial charge >= 0.3 is 0 Å². The number of aliphatic hydroxyl groups is 1. The summed E-state index contributed by atoms with van der Waals surface area (Å²) in [5, 5.41) is 10.00. The van der Waals surface area contributed by atoms with Gasteiger partial charge in [0, 0.05) is 6.54 Å². The molecule has 0 aromatic carbocycles. The van der Waals surface area contributed by atoms with Gasteiger partial charge in [0.25, 0.3) is 0 Å². The monoisotopic (exact) mass is 175 g/mol. The van der Waals surface area contributed by atoms with Gasteiger partial charge in [-0.3, -0.25) is 0 Å². The molecule has 2 nitrogen and oxygen atoms in total. The zero-order valence-corrected chi connectivity index (χ0v) is 7.35. The number of fused-ring (bicyclic) bond motifs is 3. The lowest BCUT2D eigenvalue weighted by molar-refractivity contribution is -0.0958. The Bertz CT molecular complexity index is 156. The van der Waals surface area contributed by atoms with E-state index in [1.165, 1.54) is 0 Å². The summed E-state index contributed by atoms with van der Waals surface area (Å²) in [5.74, 6) is 0.860. The molecule has 0 amide bonds. The molecule has 3 aliphatic heterocycles. The van der Waals surface area contributed by atoms with Crippen molar-refractivity contribution < 1.29 is 5.11 Å². The van der Waals surface area contributed by atoms with Gasteiger partial charge in [-0.1, -0.05) is 0 Å². The number of hydrogen-bond donors (Lipinski definition) is 1. The third-order valence-corrected chi connectivity index (χ3v) is 3.54. The smallest absolute Gasteiger partial charge is 0.0937 e. The topological polar surface area (TPSA) is 23.5 Å². The van der Waals surface area contributed by atoms with E-state index in [4.69, 9.17) is 11.6 Å². The van der Waals surface area contributed by atoms with Crippen LogP contribution in [0.3, 0.4) is 0 Å². The summed E-state index contributed by atoms with van der Waals surface area (Å²) in [7, 11) is 0. The Morgan fingerprint density at radius 2 is 2.09 bits per heavy atom. The summed E-state index contributed by atoms with van der Waals surface area (Å²) >= 11 is 5.74. The van der Waals surface area contributed by atoms with Crippen LogP contribution in [-0.2, 0) is 0 Å². The summed E-state index contributed by atoms with van der Waals surface area (Å²) in [5.41, 5.74) is -0.571. The van der Waals surface area contributed by atoms with Crippen molar-refractivity contribution in [2.75, 3.05) is 25.5 Å². The van der Waals surface area contributed by atoms with Gasteiger partial charge in [-0.2, -0.15) is 0 Å². The quantitative estimate of drug-likeness (QED) is 0.593. The molecule has 0 unspecified atom stereocenters. The van der Waals surface area contributed by atoms with E-state index in [1.54, 1.807) is 0 Å². The second-order valence-electron chi connectivity index (χ2n) is 3.79. The minimum absolute atomic E-state index is 0.397. The molecule has 64 valence electrons. The van der Waals surface area contributed by atoms with Crippen LogP contribution in [0.1, 0.15) is 12.8 Å². The highest BCUT2D eigenvalue weighted by Gasteiger charge is 2.44. The Morgan fingerprint density at radius 3 is 2.36 bits per heavy atom. The predicted octanol–water partition coefficient (Wildman–Crippen LogP) is 0.682. The van der Waals surface area contributed by atoms with Crippen molar-refractivity contribution in [1.82, 2.24) is 4.90 Å². The molecule has 0 spiro atoms. The zero-order valence-electron chi connectivity index (χ0n) is 6.59. The van der Waals surface area contributed by atoms with Gasteiger partial charge < -0.3 is 10.0 Å². The number of halogens is 1. The maximum Gasteiger partial charge on any atom is 0.0937 e. The standard InChI is InChI=1S/C8H14ClNO/c9-5-8(11)6-10-3-1-7(8)2-4-10/h7,11H,1-6H2/t8-/m1/s1. The summed E-state index contributed by atoms with van der Waals surface area (Å²) in [6, 6.07) is 0. The van der Waals surface area contributed by atoms with Crippen LogP contribution in [0.5, 0.6) is 0 Å². The summed E-state index contributed by atoms with van der Waals surface area (Å²) in [6.45, 7) is 3.11. The first-order valence-electron chi connectivity index (χ1n) is 4.25. The number of alkyl halides is 1. The van der Waals surface area contributed by atoms with Crippen molar-refractivity contribution in [2.45, 2.75) is 18.4 Å². The van der Waals surface area contributed by atoms with Crippen LogP contribution >= 0.6 is 11.6 Å². The summed E-state index contributed by atoms with van der Waals surface area (Å²) < 4.78 is 0. The first-order chi connectivity index (χ1) is 5.24. The minimum Gasteiger partial charge on any atom is -0.387 e. The minimum atomic E-state index is -0.571. The highest BCUT2D eigenvalue weighted by molar-refractivity contribution is 6.18. The molecule has 0 aromatic heterocycles. The molecule has 3 heterocycles. The number of piperidine rings is 3. The van der Waals surface area contributed by atoms with Gasteiger partial charge in [-0.05, 0) is 31.8 Å². The molecule has 3 fully saturated rings. The molecule has 0 aliphatic carbocycles. The van der Waals surface area contributed by atoms with Crippen molar-refractivity contribution in [3.8, 4) is 0 Å². The van der Waals surface area contributed by atoms with E-state index in [-0.39, 0.29) is 0 Å². The van der Waals surface area contributed by atoms with Gasteiger partial charge in [0.05, 0.1) is 11.5 Å². The van der Waals surface area contributed by atoms with E-state index in [1.807, 2.05) is 0 Å². The largest absolute Gasteiger partial charge is 0.387 e. The molecule has 0 aromatic rings. The van der Waals surface area contributed by atoms with E-state index >= 15 is 0 Å². The maximum absolute atomic E-state index is 10.00. The van der Waals surface area contributed by atoms with E-state index < -0.39 is 5.60 Å². The van der Waals surface area contributed by atoms with E-state index in [0.717, 1.165) is 32.5 Å². The normalized spacial score (nSPS) is 49.6. The van der Waals surface area contributed by atoms with Crippen LogP contribution in [0.2, 0.25) is 0 Å². The van der Waals surface area contributed by atoms with E-state index in [2.05, 4.69) is 4.90 Å². The fourth-order valence-corrected chi connectivity index (χ4v) is 2.60. The van der Waals surface area contributed by atoms with Crippen LogP contribution in [0.4, 0.5) is 0 Å². The molecule has 1 N–H and O–H groups in total. The predicted molar refractivity (Wildman–Crippen MR) is 44.8 cm³/mol. The molecule has 3 saturated heterocycles. The third kappa shape index (κ3) is 1.17. The Labute approximate surface area is 72.1 Å². The van der Waals surface area contributed by atoms with Crippen LogP contribution in [-0.4, -0.2) is 41.1 Å². The molecular formula is C8H14ClNO. The Hall–Kier alpha value is 0.210. The van der Waals surface area contributed by atoms with Gasteiger partial charge in [-0.15, -0.1) is 11.6 Å². The molecule has 11 heavy (non-hydrogen) atoms. The van der Waals surface area contributed by atoms with Crippen LogP contribution in [0.25, 0.3) is 0 Å². The fourth-order valence-electron chi connectivity index (χ4n) is 2.30. The van der Waals surface area contributed by atoms with Crippen LogP contribution < -0.4 is 0 Å². The first kappa shape index (κ1) is 7.84. The Kier molecular flexibility index (Phi) is 1.86. The second kappa shape index (κ2) is 2.61. The van der Waals surface area contributed by atoms with Gasteiger partial charge in [0.15, 0.2) is 0 Å². The van der Waals surface area contributed by atoms with Crippen molar-refractivity contribution in [3.05, 3.63) is 0 Å². The summed E-state index contributed by atoms with van der Waals surface area (Å²) in [4.78, 5) is 2.31. The number of nitrogens with zero attached hydrogens (tertiary/aromatic N) is 1. The summed E-state index contributed by atoms with van der Waals surface area (Å²) in [6.07, 6.45) is 2.26. The molecule has 3 heteroatoms. The molecule has 1 atom stereocenters. The molecular weight excluding hydrogens is 162 g/mol. The van der Waals surface area contributed by atoms with Crippen molar-refractivity contribution in [3.63, 3.8) is 0 Å². The van der Waals surface area contributed by atoms with Gasteiger partial charge in [0.1, 0.15) is 0 Å².